The van der Waals surface area contributed by atoms with Crippen LogP contribution < -0.4 is 5.32 Å². The van der Waals surface area contributed by atoms with E-state index in [0.717, 1.165) is 30.2 Å². The van der Waals surface area contributed by atoms with Gasteiger partial charge in [0.15, 0.2) is 0 Å². The molecule has 0 spiro atoms. The molecule has 1 aliphatic heterocycles. The molecule has 1 aromatic rings. The van der Waals surface area contributed by atoms with E-state index in [1.165, 1.54) is 7.11 Å². The summed E-state index contributed by atoms with van der Waals surface area (Å²) < 4.78 is 5.01. The molecule has 1 fully saturated rings. The number of aryl methyl sites for hydroxylation is 1. The van der Waals surface area contributed by atoms with Crippen molar-refractivity contribution < 1.29 is 14.3 Å². The van der Waals surface area contributed by atoms with Crippen molar-refractivity contribution in [2.75, 3.05) is 37.0 Å². The number of ether oxygens (including phenoxy) is 1. The van der Waals surface area contributed by atoms with E-state index in [1.807, 2.05) is 35.7 Å². The Morgan fingerprint density at radius 2 is 2.00 bits per heavy atom. The maximum absolute atomic E-state index is 12.5. The topological polar surface area (TPSA) is 58.6 Å². The molecule has 0 saturated carbocycles. The van der Waals surface area contributed by atoms with E-state index in [0.29, 0.717) is 11.3 Å². The van der Waals surface area contributed by atoms with Crippen LogP contribution in [0, 0.1) is 6.92 Å². The van der Waals surface area contributed by atoms with E-state index in [1.54, 1.807) is 13.0 Å². The first-order valence-electron chi connectivity index (χ1n) is 7.34. The summed E-state index contributed by atoms with van der Waals surface area (Å²) in [6, 6.07) is 5.42. The Kier molecular flexibility index (Phi) is 5.85. The molecule has 120 valence electrons. The smallest absolute Gasteiger partial charge is 0.253 e. The minimum Gasteiger partial charge on any atom is -0.372 e. The number of nitrogens with zero attached hydrogens (tertiary/aromatic N) is 1. The van der Waals surface area contributed by atoms with Crippen LogP contribution in [-0.2, 0) is 9.53 Å². The van der Waals surface area contributed by atoms with Crippen molar-refractivity contribution in [3.8, 4) is 0 Å². The van der Waals surface area contributed by atoms with Gasteiger partial charge in [-0.05, 0) is 31.5 Å². The average Bonchev–Trinajstić information content (AvgIpc) is 2.56. The van der Waals surface area contributed by atoms with Crippen LogP contribution in [0.1, 0.15) is 22.8 Å². The van der Waals surface area contributed by atoms with E-state index in [9.17, 15) is 9.59 Å². The number of amides is 2. The molecule has 1 aliphatic rings. The van der Waals surface area contributed by atoms with E-state index >= 15 is 0 Å². The second-order valence-electron chi connectivity index (χ2n) is 5.30. The van der Waals surface area contributed by atoms with Gasteiger partial charge in [0.1, 0.15) is 6.10 Å². The Bertz CT molecular complexity index is 556. The summed E-state index contributed by atoms with van der Waals surface area (Å²) in [4.78, 5) is 26.3. The summed E-state index contributed by atoms with van der Waals surface area (Å²) in [7, 11) is 1.49. The van der Waals surface area contributed by atoms with E-state index < -0.39 is 6.10 Å². The number of carbonyl (C=O) groups is 2. The standard InChI is InChI=1S/C16H22N2O3S/c1-11-4-5-13(16(20)18-6-8-22-9-7-18)10-14(11)17-15(19)12(2)21-3/h4-5,10,12H,6-9H2,1-3H3,(H,17,19). The van der Waals surface area contributed by atoms with Gasteiger partial charge in [-0.1, -0.05) is 6.07 Å². The van der Waals surface area contributed by atoms with Crippen molar-refractivity contribution in [1.29, 1.82) is 0 Å². The van der Waals surface area contributed by atoms with Crippen molar-refractivity contribution in [2.24, 2.45) is 0 Å². The van der Waals surface area contributed by atoms with Crippen LogP contribution in [0.25, 0.3) is 0 Å². The molecule has 22 heavy (non-hydrogen) atoms. The zero-order valence-corrected chi connectivity index (χ0v) is 14.0. The Hall–Kier alpha value is -1.53. The van der Waals surface area contributed by atoms with Crippen molar-refractivity contribution in [1.82, 2.24) is 4.90 Å². The van der Waals surface area contributed by atoms with Crippen molar-refractivity contribution in [3.63, 3.8) is 0 Å². The quantitative estimate of drug-likeness (QED) is 0.923. The summed E-state index contributed by atoms with van der Waals surface area (Å²) in [6.45, 7) is 5.14. The highest BCUT2D eigenvalue weighted by molar-refractivity contribution is 7.99. The lowest BCUT2D eigenvalue weighted by Crippen LogP contribution is -2.38. The number of rotatable bonds is 4. The molecule has 1 heterocycles. The van der Waals surface area contributed by atoms with Crippen LogP contribution in [0.3, 0.4) is 0 Å². The lowest BCUT2D eigenvalue weighted by molar-refractivity contribution is -0.124. The molecule has 1 N–H and O–H groups in total. The summed E-state index contributed by atoms with van der Waals surface area (Å²) in [5, 5.41) is 2.82. The van der Waals surface area contributed by atoms with Crippen molar-refractivity contribution in [2.45, 2.75) is 20.0 Å². The van der Waals surface area contributed by atoms with Gasteiger partial charge in [0, 0.05) is 43.0 Å². The molecule has 0 bridgehead atoms. The predicted octanol–water partition coefficient (Wildman–Crippen LogP) is 2.16. The molecule has 1 atom stereocenters. The molecule has 0 radical (unpaired) electrons. The zero-order valence-electron chi connectivity index (χ0n) is 13.2. The van der Waals surface area contributed by atoms with Crippen LogP contribution in [0.4, 0.5) is 5.69 Å². The first-order valence-corrected chi connectivity index (χ1v) is 8.49. The molecule has 2 amide bonds. The fourth-order valence-electron chi connectivity index (χ4n) is 2.18. The third-order valence-electron chi connectivity index (χ3n) is 3.76. The molecule has 1 saturated heterocycles. The molecule has 0 aromatic heterocycles. The molecule has 6 heteroatoms. The monoisotopic (exact) mass is 322 g/mol. The fourth-order valence-corrected chi connectivity index (χ4v) is 3.08. The van der Waals surface area contributed by atoms with E-state index in [2.05, 4.69) is 5.32 Å². The second-order valence-corrected chi connectivity index (χ2v) is 6.53. The summed E-state index contributed by atoms with van der Waals surface area (Å²) in [6.07, 6.45) is -0.530. The normalized spacial score (nSPS) is 16.2. The van der Waals surface area contributed by atoms with Gasteiger partial charge in [0.05, 0.1) is 0 Å². The molecule has 5 nitrogen and oxygen atoms in total. The Morgan fingerprint density at radius 1 is 1.32 bits per heavy atom. The Morgan fingerprint density at radius 3 is 2.64 bits per heavy atom. The Balaban J connectivity index is 2.15. The van der Waals surface area contributed by atoms with Crippen LogP contribution in [0.5, 0.6) is 0 Å². The number of anilines is 1. The average molecular weight is 322 g/mol. The Labute approximate surface area is 135 Å². The van der Waals surface area contributed by atoms with Crippen molar-refractivity contribution in [3.05, 3.63) is 29.3 Å². The molecular weight excluding hydrogens is 300 g/mol. The maximum atomic E-state index is 12.5. The van der Waals surface area contributed by atoms with Gasteiger partial charge < -0.3 is 15.0 Å². The number of benzene rings is 1. The highest BCUT2D eigenvalue weighted by Crippen LogP contribution is 2.20. The molecule has 1 unspecified atom stereocenters. The minimum atomic E-state index is -0.530. The van der Waals surface area contributed by atoms with Gasteiger partial charge in [-0.15, -0.1) is 0 Å². The highest BCUT2D eigenvalue weighted by Gasteiger charge is 2.20. The first-order chi connectivity index (χ1) is 10.5. The van der Waals surface area contributed by atoms with Crippen LogP contribution in [-0.4, -0.2) is 54.5 Å². The fraction of sp³-hybridized carbons (Fsp3) is 0.500. The molecule has 0 aliphatic carbocycles. The van der Waals surface area contributed by atoms with Crippen LogP contribution in [0.2, 0.25) is 0 Å². The van der Waals surface area contributed by atoms with Crippen LogP contribution >= 0.6 is 11.8 Å². The highest BCUT2D eigenvalue weighted by atomic mass is 32.2. The number of methoxy groups -OCH3 is 1. The lowest BCUT2D eigenvalue weighted by atomic mass is 10.1. The van der Waals surface area contributed by atoms with Crippen LogP contribution in [0.15, 0.2) is 18.2 Å². The second kappa shape index (κ2) is 7.65. The number of thioether (sulfide) groups is 1. The van der Waals surface area contributed by atoms with E-state index in [4.69, 9.17) is 4.74 Å². The van der Waals surface area contributed by atoms with E-state index in [-0.39, 0.29) is 11.8 Å². The van der Waals surface area contributed by atoms with Gasteiger partial charge in [-0.25, -0.2) is 0 Å². The molecule has 2 rings (SSSR count). The number of carbonyl (C=O) groups excluding carboxylic acids is 2. The lowest BCUT2D eigenvalue weighted by Gasteiger charge is -2.26. The minimum absolute atomic E-state index is 0.0237. The summed E-state index contributed by atoms with van der Waals surface area (Å²) in [5.74, 6) is 1.76. The van der Waals surface area contributed by atoms with Gasteiger partial charge in [-0.2, -0.15) is 11.8 Å². The van der Waals surface area contributed by atoms with Gasteiger partial charge >= 0.3 is 0 Å². The zero-order chi connectivity index (χ0) is 16.1. The van der Waals surface area contributed by atoms with Gasteiger partial charge in [0.2, 0.25) is 0 Å². The first kappa shape index (κ1) is 16.8. The van der Waals surface area contributed by atoms with Gasteiger partial charge in [-0.3, -0.25) is 9.59 Å². The van der Waals surface area contributed by atoms with Gasteiger partial charge in [0.25, 0.3) is 11.8 Å². The largest absolute Gasteiger partial charge is 0.372 e. The summed E-state index contributed by atoms with van der Waals surface area (Å²) in [5.41, 5.74) is 2.19. The molecular formula is C16H22N2O3S. The maximum Gasteiger partial charge on any atom is 0.253 e. The predicted molar refractivity (Wildman–Crippen MR) is 89.5 cm³/mol. The SMILES string of the molecule is COC(C)C(=O)Nc1cc(C(=O)N2CCSCC2)ccc1C. The molecule has 1 aromatic carbocycles. The number of hydrogen-bond donors (Lipinski definition) is 1. The summed E-state index contributed by atoms with van der Waals surface area (Å²) >= 11 is 1.87. The third kappa shape index (κ3) is 4.01. The third-order valence-corrected chi connectivity index (χ3v) is 4.71. The number of hydrogen-bond acceptors (Lipinski definition) is 4. The number of nitrogens with one attached hydrogen (secondary N) is 1. The van der Waals surface area contributed by atoms with Crippen molar-refractivity contribution >= 4 is 29.3 Å².